The molecule has 6 rings (SSSR count). The highest BCUT2D eigenvalue weighted by Crippen LogP contribution is 2.43. The minimum atomic E-state index is -0.258. The molecule has 1 fully saturated rings. The highest BCUT2D eigenvalue weighted by atomic mass is 35.5. The summed E-state index contributed by atoms with van der Waals surface area (Å²) in [6.07, 6.45) is 1.79. The van der Waals surface area contributed by atoms with Crippen LogP contribution in [-0.2, 0) is 0 Å². The molecule has 0 saturated carbocycles. The van der Waals surface area contributed by atoms with E-state index in [0.717, 1.165) is 45.5 Å². The molecule has 3 heterocycles. The Balaban J connectivity index is 1.35. The number of anilines is 1. The average molecular weight is 552 g/mol. The van der Waals surface area contributed by atoms with Crippen LogP contribution in [-0.4, -0.2) is 10.1 Å². The van der Waals surface area contributed by atoms with Gasteiger partial charge >= 0.3 is 0 Å². The van der Waals surface area contributed by atoms with Crippen LogP contribution in [0.5, 0.6) is 11.5 Å². The number of hydrogen-bond acceptors (Lipinski definition) is 4. The molecule has 1 aliphatic heterocycles. The van der Waals surface area contributed by atoms with Crippen molar-refractivity contribution < 1.29 is 9.15 Å². The molecule has 0 amide bonds. The van der Waals surface area contributed by atoms with Crippen molar-refractivity contribution in [2.24, 2.45) is 0 Å². The first-order valence-corrected chi connectivity index (χ1v) is 13.5. The maximum atomic E-state index is 6.46. The van der Waals surface area contributed by atoms with E-state index >= 15 is 0 Å². The Hall–Kier alpha value is -4.13. The molecule has 194 valence electrons. The summed E-state index contributed by atoms with van der Waals surface area (Å²) in [5.74, 6) is 3.05. The van der Waals surface area contributed by atoms with Gasteiger partial charge in [0.05, 0.1) is 11.7 Å². The molecule has 2 atom stereocenters. The lowest BCUT2D eigenvalue weighted by Crippen LogP contribution is -2.29. The summed E-state index contributed by atoms with van der Waals surface area (Å²) in [6, 6.07) is 31.2. The van der Waals surface area contributed by atoms with Crippen LogP contribution in [0.15, 0.2) is 108 Å². The molecule has 1 N–H and O–H groups in total. The Kier molecular flexibility index (Phi) is 6.81. The molecular weight excluding hydrogens is 526 g/mol. The number of nitrogens with zero attached hydrogens (tertiary/aromatic N) is 2. The Morgan fingerprint density at radius 2 is 1.64 bits per heavy atom. The average Bonchev–Trinajstić information content (AvgIpc) is 3.57. The normalized spacial score (nSPS) is 16.8. The number of halogens is 1. The molecule has 0 unspecified atom stereocenters. The van der Waals surface area contributed by atoms with E-state index in [1.54, 1.807) is 6.20 Å². The van der Waals surface area contributed by atoms with Crippen molar-refractivity contribution in [3.63, 3.8) is 0 Å². The van der Waals surface area contributed by atoms with Crippen molar-refractivity contribution in [1.82, 2.24) is 10.3 Å². The minimum Gasteiger partial charge on any atom is -0.459 e. The molecule has 2 aromatic heterocycles. The van der Waals surface area contributed by atoms with Gasteiger partial charge in [0.2, 0.25) is 0 Å². The predicted octanol–water partition coefficient (Wildman–Crippen LogP) is 8.58. The maximum Gasteiger partial charge on any atom is 0.174 e. The van der Waals surface area contributed by atoms with E-state index in [9.17, 15) is 0 Å². The lowest BCUT2D eigenvalue weighted by atomic mass is 10.0. The van der Waals surface area contributed by atoms with Crippen LogP contribution in [0.4, 0.5) is 5.69 Å². The van der Waals surface area contributed by atoms with Crippen molar-refractivity contribution in [3.05, 3.63) is 131 Å². The molecule has 0 radical (unpaired) electrons. The van der Waals surface area contributed by atoms with E-state index in [-0.39, 0.29) is 12.1 Å². The second kappa shape index (κ2) is 10.6. The van der Waals surface area contributed by atoms with Crippen LogP contribution in [0.3, 0.4) is 0 Å². The maximum absolute atomic E-state index is 6.46. The summed E-state index contributed by atoms with van der Waals surface area (Å²) in [5.41, 5.74) is 4.93. The zero-order valence-corrected chi connectivity index (χ0v) is 23.0. The Morgan fingerprint density at radius 3 is 2.33 bits per heavy atom. The van der Waals surface area contributed by atoms with Gasteiger partial charge in [-0.05, 0) is 98.4 Å². The molecule has 0 spiro atoms. The molecule has 3 aromatic carbocycles. The molecule has 0 bridgehead atoms. The summed E-state index contributed by atoms with van der Waals surface area (Å²) >= 11 is 12.3. The van der Waals surface area contributed by atoms with Crippen molar-refractivity contribution >= 4 is 34.6 Å². The quantitative estimate of drug-likeness (QED) is 0.213. The number of aryl methyl sites for hydroxylation is 2. The fourth-order valence-corrected chi connectivity index (χ4v) is 5.28. The van der Waals surface area contributed by atoms with E-state index in [1.165, 1.54) is 5.56 Å². The van der Waals surface area contributed by atoms with Gasteiger partial charge < -0.3 is 19.4 Å². The van der Waals surface area contributed by atoms with Crippen LogP contribution in [0.1, 0.15) is 34.7 Å². The number of thiocarbonyl (C=S) groups is 1. The smallest absolute Gasteiger partial charge is 0.174 e. The van der Waals surface area contributed by atoms with E-state index in [0.29, 0.717) is 10.1 Å². The fraction of sp³-hybridized carbons (Fsp3) is 0.125. The van der Waals surface area contributed by atoms with Gasteiger partial charge in [-0.2, -0.15) is 0 Å². The number of rotatable bonds is 6. The number of benzene rings is 3. The molecule has 39 heavy (non-hydrogen) atoms. The molecule has 1 aliphatic rings. The number of hydrogen-bond donors (Lipinski definition) is 1. The standard InChI is InChI=1S/C32H26ClN3O2S/c1-20-6-12-24(13-7-20)37-25-14-10-23(11-15-25)36-31(30(35-32(36)39)27-5-3-4-18-34-27)29-17-16-28(38-29)22-9-8-21(2)26(33)19-22/h3-19,30-31H,1-2H3,(H,35,39)/t30-,31+/m0/s1. The Morgan fingerprint density at radius 1 is 0.897 bits per heavy atom. The van der Waals surface area contributed by atoms with Crippen molar-refractivity contribution in [2.75, 3.05) is 4.90 Å². The monoisotopic (exact) mass is 551 g/mol. The summed E-state index contributed by atoms with van der Waals surface area (Å²) in [7, 11) is 0. The third kappa shape index (κ3) is 5.13. The third-order valence-electron chi connectivity index (χ3n) is 6.84. The van der Waals surface area contributed by atoms with Gasteiger partial charge in [0.15, 0.2) is 5.11 Å². The van der Waals surface area contributed by atoms with Gasteiger partial charge in [-0.3, -0.25) is 4.98 Å². The molecular formula is C32H26ClN3O2S. The largest absolute Gasteiger partial charge is 0.459 e. The zero-order valence-electron chi connectivity index (χ0n) is 21.5. The summed E-state index contributed by atoms with van der Waals surface area (Å²) in [4.78, 5) is 6.70. The minimum absolute atomic E-state index is 0.206. The number of nitrogens with one attached hydrogen (secondary N) is 1. The topological polar surface area (TPSA) is 50.5 Å². The van der Waals surface area contributed by atoms with Crippen LogP contribution >= 0.6 is 23.8 Å². The van der Waals surface area contributed by atoms with Crippen LogP contribution in [0.25, 0.3) is 11.3 Å². The van der Waals surface area contributed by atoms with Gasteiger partial charge in [-0.1, -0.05) is 47.5 Å². The second-order valence-electron chi connectivity index (χ2n) is 9.57. The third-order valence-corrected chi connectivity index (χ3v) is 7.57. The van der Waals surface area contributed by atoms with Crippen molar-refractivity contribution in [1.29, 1.82) is 0 Å². The lowest BCUT2D eigenvalue weighted by molar-refractivity contribution is 0.439. The molecule has 5 nitrogen and oxygen atoms in total. The SMILES string of the molecule is Cc1ccc(Oc2ccc(N3C(=S)N[C@@H](c4ccccn4)[C@H]3c3ccc(-c4ccc(C)c(Cl)c4)o3)cc2)cc1. The van der Waals surface area contributed by atoms with Gasteiger partial charge in [0.25, 0.3) is 0 Å². The van der Waals surface area contributed by atoms with E-state index in [2.05, 4.69) is 22.1 Å². The van der Waals surface area contributed by atoms with Crippen molar-refractivity contribution in [2.45, 2.75) is 25.9 Å². The van der Waals surface area contributed by atoms with E-state index in [4.69, 9.17) is 33.0 Å². The highest BCUT2D eigenvalue weighted by Gasteiger charge is 2.42. The van der Waals surface area contributed by atoms with E-state index < -0.39 is 0 Å². The molecule has 1 saturated heterocycles. The number of ether oxygens (including phenoxy) is 1. The molecule has 7 heteroatoms. The van der Waals surface area contributed by atoms with Crippen LogP contribution in [0.2, 0.25) is 5.02 Å². The molecule has 0 aliphatic carbocycles. The summed E-state index contributed by atoms with van der Waals surface area (Å²) in [6.45, 7) is 4.04. The first kappa shape index (κ1) is 25.2. The van der Waals surface area contributed by atoms with Gasteiger partial charge in [-0.15, -0.1) is 0 Å². The molecule has 5 aromatic rings. The Labute approximate surface area is 238 Å². The highest BCUT2D eigenvalue weighted by molar-refractivity contribution is 7.80. The van der Waals surface area contributed by atoms with Crippen molar-refractivity contribution in [3.8, 4) is 22.8 Å². The van der Waals surface area contributed by atoms with E-state index in [1.807, 2.05) is 104 Å². The van der Waals surface area contributed by atoms with Crippen LogP contribution < -0.4 is 15.0 Å². The first-order chi connectivity index (χ1) is 19.0. The van der Waals surface area contributed by atoms with Gasteiger partial charge in [0, 0.05) is 22.5 Å². The zero-order chi connectivity index (χ0) is 26.9. The number of pyridine rings is 1. The number of furan rings is 1. The van der Waals surface area contributed by atoms with Crippen LogP contribution in [0, 0.1) is 13.8 Å². The second-order valence-corrected chi connectivity index (χ2v) is 10.4. The van der Waals surface area contributed by atoms with Gasteiger partial charge in [-0.25, -0.2) is 0 Å². The predicted molar refractivity (Wildman–Crippen MR) is 160 cm³/mol. The first-order valence-electron chi connectivity index (χ1n) is 12.7. The Bertz CT molecular complexity index is 1620. The van der Waals surface area contributed by atoms with Gasteiger partial charge in [0.1, 0.15) is 29.1 Å². The summed E-state index contributed by atoms with van der Waals surface area (Å²) in [5, 5.41) is 4.78. The fourth-order valence-electron chi connectivity index (χ4n) is 4.75. The number of aromatic nitrogens is 1. The lowest BCUT2D eigenvalue weighted by Gasteiger charge is -2.26. The summed E-state index contributed by atoms with van der Waals surface area (Å²) < 4.78 is 12.5.